The van der Waals surface area contributed by atoms with Crippen LogP contribution in [0.3, 0.4) is 0 Å². The lowest BCUT2D eigenvalue weighted by atomic mass is 9.99. The molecular formula is C15H16F2N2O. The lowest BCUT2D eigenvalue weighted by molar-refractivity contribution is -0.0506. The molecule has 0 fully saturated rings. The first-order chi connectivity index (χ1) is 9.72. The van der Waals surface area contributed by atoms with Gasteiger partial charge in [0.15, 0.2) is 0 Å². The minimum atomic E-state index is -2.84. The van der Waals surface area contributed by atoms with Crippen LogP contribution in [-0.4, -0.2) is 18.1 Å². The quantitative estimate of drug-likeness (QED) is 0.879. The zero-order valence-corrected chi connectivity index (χ0v) is 11.1. The van der Waals surface area contributed by atoms with E-state index >= 15 is 0 Å². The average Bonchev–Trinajstić information content (AvgIpc) is 2.46. The first-order valence-corrected chi connectivity index (χ1v) is 6.39. The summed E-state index contributed by atoms with van der Waals surface area (Å²) in [5.74, 6) is 0.178. The maximum Gasteiger partial charge on any atom is 0.387 e. The molecule has 0 aliphatic carbocycles. The van der Waals surface area contributed by atoms with Gasteiger partial charge in [-0.3, -0.25) is 4.98 Å². The lowest BCUT2D eigenvalue weighted by Gasteiger charge is -2.21. The van der Waals surface area contributed by atoms with Crippen LogP contribution in [0.1, 0.15) is 24.1 Å². The van der Waals surface area contributed by atoms with Gasteiger partial charge in [-0.2, -0.15) is 8.78 Å². The van der Waals surface area contributed by atoms with Crippen molar-refractivity contribution >= 4 is 0 Å². The van der Waals surface area contributed by atoms with E-state index in [0.29, 0.717) is 12.1 Å². The molecule has 106 valence electrons. The molecule has 1 N–H and O–H groups in total. The molecule has 20 heavy (non-hydrogen) atoms. The normalized spacial score (nSPS) is 12.4. The maximum absolute atomic E-state index is 12.5. The molecule has 1 heterocycles. The molecule has 1 aromatic heterocycles. The number of pyridine rings is 1. The van der Waals surface area contributed by atoms with Crippen molar-refractivity contribution in [2.24, 2.45) is 0 Å². The van der Waals surface area contributed by atoms with Gasteiger partial charge in [-0.15, -0.1) is 0 Å². The van der Waals surface area contributed by atoms with Gasteiger partial charge in [0.25, 0.3) is 0 Å². The number of para-hydroxylation sites is 1. The Morgan fingerprint density at radius 3 is 2.65 bits per heavy atom. The van der Waals surface area contributed by atoms with E-state index in [1.54, 1.807) is 36.7 Å². The molecule has 2 rings (SSSR count). The topological polar surface area (TPSA) is 34.2 Å². The summed E-state index contributed by atoms with van der Waals surface area (Å²) >= 11 is 0. The van der Waals surface area contributed by atoms with Gasteiger partial charge in [0.05, 0.1) is 6.04 Å². The number of halogens is 2. The highest BCUT2D eigenvalue weighted by molar-refractivity contribution is 5.41. The Morgan fingerprint density at radius 1 is 1.20 bits per heavy atom. The Hall–Kier alpha value is -2.01. The van der Waals surface area contributed by atoms with Crippen molar-refractivity contribution in [3.05, 3.63) is 59.9 Å². The molecule has 0 amide bonds. The van der Waals surface area contributed by atoms with Crippen molar-refractivity contribution < 1.29 is 13.5 Å². The fourth-order valence-corrected chi connectivity index (χ4v) is 2.08. The first-order valence-electron chi connectivity index (χ1n) is 6.39. The number of ether oxygens (including phenoxy) is 1. The second-order valence-corrected chi connectivity index (χ2v) is 4.19. The summed E-state index contributed by atoms with van der Waals surface area (Å²) in [5, 5.41) is 3.26. The zero-order valence-electron chi connectivity index (χ0n) is 11.1. The smallest absolute Gasteiger partial charge is 0.387 e. The Balaban J connectivity index is 2.39. The summed E-state index contributed by atoms with van der Waals surface area (Å²) < 4.78 is 29.6. The van der Waals surface area contributed by atoms with E-state index in [2.05, 4.69) is 15.0 Å². The molecule has 0 spiro atoms. The van der Waals surface area contributed by atoms with Gasteiger partial charge in [-0.25, -0.2) is 0 Å². The fourth-order valence-electron chi connectivity index (χ4n) is 2.08. The van der Waals surface area contributed by atoms with Crippen molar-refractivity contribution in [3.8, 4) is 5.75 Å². The van der Waals surface area contributed by atoms with E-state index in [1.807, 2.05) is 19.1 Å². The van der Waals surface area contributed by atoms with Crippen LogP contribution in [0.15, 0.2) is 48.8 Å². The summed E-state index contributed by atoms with van der Waals surface area (Å²) in [5.41, 5.74) is 1.57. The molecule has 3 nitrogen and oxygen atoms in total. The van der Waals surface area contributed by atoms with Crippen LogP contribution >= 0.6 is 0 Å². The summed E-state index contributed by atoms with van der Waals surface area (Å²) in [6.45, 7) is -0.185. The van der Waals surface area contributed by atoms with Crippen molar-refractivity contribution in [3.63, 3.8) is 0 Å². The van der Waals surface area contributed by atoms with Crippen LogP contribution in [0.2, 0.25) is 0 Å². The third-order valence-electron chi connectivity index (χ3n) is 2.87. The maximum atomic E-state index is 12.5. The summed E-state index contributed by atoms with van der Waals surface area (Å²) in [7, 11) is 0. The predicted molar refractivity (Wildman–Crippen MR) is 72.8 cm³/mol. The van der Waals surface area contributed by atoms with Crippen molar-refractivity contribution in [2.75, 3.05) is 6.54 Å². The lowest BCUT2D eigenvalue weighted by Crippen LogP contribution is -2.23. The van der Waals surface area contributed by atoms with Gasteiger partial charge >= 0.3 is 6.61 Å². The van der Waals surface area contributed by atoms with Crippen LogP contribution in [0.4, 0.5) is 8.78 Å². The molecular weight excluding hydrogens is 262 g/mol. The number of nitrogens with one attached hydrogen (secondary N) is 1. The number of aromatic nitrogens is 1. The van der Waals surface area contributed by atoms with Crippen LogP contribution < -0.4 is 10.1 Å². The zero-order chi connectivity index (χ0) is 14.4. The molecule has 0 saturated carbocycles. The van der Waals surface area contributed by atoms with Crippen molar-refractivity contribution in [1.82, 2.24) is 10.3 Å². The number of benzene rings is 1. The van der Waals surface area contributed by atoms with Crippen molar-refractivity contribution in [1.29, 1.82) is 0 Å². The van der Waals surface area contributed by atoms with Gasteiger partial charge in [0.1, 0.15) is 5.75 Å². The van der Waals surface area contributed by atoms with Gasteiger partial charge in [-0.05, 0) is 24.2 Å². The molecule has 0 aliphatic rings. The standard InChI is InChI=1S/C15H16F2N2O/c1-2-19-14(11-6-5-9-18-10-11)12-7-3-4-8-13(12)20-15(16)17/h3-10,14-15,19H,2H2,1H3. The SMILES string of the molecule is CCNC(c1cccnc1)c1ccccc1OC(F)F. The van der Waals surface area contributed by atoms with E-state index in [-0.39, 0.29) is 11.8 Å². The second-order valence-electron chi connectivity index (χ2n) is 4.19. The largest absolute Gasteiger partial charge is 0.434 e. The molecule has 0 aliphatic heterocycles. The first kappa shape index (κ1) is 14.4. The van der Waals surface area contributed by atoms with Crippen LogP contribution in [0.5, 0.6) is 5.75 Å². The van der Waals surface area contributed by atoms with E-state index < -0.39 is 6.61 Å². The van der Waals surface area contributed by atoms with Crippen molar-refractivity contribution in [2.45, 2.75) is 19.6 Å². The predicted octanol–water partition coefficient (Wildman–Crippen LogP) is 3.38. The highest BCUT2D eigenvalue weighted by atomic mass is 19.3. The highest BCUT2D eigenvalue weighted by Gasteiger charge is 2.19. The fraction of sp³-hybridized carbons (Fsp3) is 0.267. The molecule has 1 atom stereocenters. The van der Waals surface area contributed by atoms with Crippen LogP contribution in [0, 0.1) is 0 Å². The summed E-state index contributed by atoms with van der Waals surface area (Å²) in [6, 6.07) is 10.3. The minimum Gasteiger partial charge on any atom is -0.434 e. The molecule has 1 unspecified atom stereocenters. The molecule has 0 saturated heterocycles. The molecule has 1 aromatic carbocycles. The third kappa shape index (κ3) is 3.51. The third-order valence-corrected chi connectivity index (χ3v) is 2.87. The summed E-state index contributed by atoms with van der Waals surface area (Å²) in [6.07, 6.45) is 3.39. The number of alkyl halides is 2. The van der Waals surface area contributed by atoms with E-state index in [1.165, 1.54) is 0 Å². The number of rotatable bonds is 6. The Bertz CT molecular complexity index is 534. The van der Waals surface area contributed by atoms with Crippen LogP contribution in [-0.2, 0) is 0 Å². The number of hydrogen-bond acceptors (Lipinski definition) is 3. The Kier molecular flexibility index (Phi) is 5.01. The van der Waals surface area contributed by atoms with E-state index in [0.717, 1.165) is 5.56 Å². The molecule has 5 heteroatoms. The molecule has 0 bridgehead atoms. The van der Waals surface area contributed by atoms with Gasteiger partial charge in [0, 0.05) is 18.0 Å². The second kappa shape index (κ2) is 6.96. The summed E-state index contributed by atoms with van der Waals surface area (Å²) in [4.78, 5) is 4.07. The highest BCUT2D eigenvalue weighted by Crippen LogP contribution is 2.30. The van der Waals surface area contributed by atoms with E-state index in [4.69, 9.17) is 0 Å². The monoisotopic (exact) mass is 278 g/mol. The van der Waals surface area contributed by atoms with Crippen LogP contribution in [0.25, 0.3) is 0 Å². The minimum absolute atomic E-state index is 0.178. The van der Waals surface area contributed by atoms with E-state index in [9.17, 15) is 8.78 Å². The average molecular weight is 278 g/mol. The van der Waals surface area contributed by atoms with Gasteiger partial charge in [0.2, 0.25) is 0 Å². The van der Waals surface area contributed by atoms with Gasteiger partial charge in [-0.1, -0.05) is 31.2 Å². The van der Waals surface area contributed by atoms with Gasteiger partial charge < -0.3 is 10.1 Å². The number of hydrogen-bond donors (Lipinski definition) is 1. The number of nitrogens with zero attached hydrogens (tertiary/aromatic N) is 1. The Morgan fingerprint density at radius 2 is 2.00 bits per heavy atom. The molecule has 2 aromatic rings. The Labute approximate surface area is 116 Å². The molecule has 0 radical (unpaired) electrons.